The lowest BCUT2D eigenvalue weighted by molar-refractivity contribution is -0.567. The summed E-state index contributed by atoms with van der Waals surface area (Å²) in [6.07, 6.45) is 22.8. The number of imidazole rings is 3. The molecule has 2 aromatic carbocycles. The zero-order valence-corrected chi connectivity index (χ0v) is 26.7. The Hall–Kier alpha value is -4.05. The number of hydrogen-bond acceptors (Lipinski definition) is 3. The first-order valence-corrected chi connectivity index (χ1v) is 17.0. The fraction of sp³-hybridized carbons (Fsp3) is 0.156. The lowest BCUT2D eigenvalue weighted by Gasteiger charge is -2.53. The number of nitrogens with zero attached hydrogens (tertiary/aromatic N) is 6. The monoisotopic (exact) mass is 620 g/mol. The van der Waals surface area contributed by atoms with Gasteiger partial charge in [-0.3, -0.25) is 0 Å². The highest BCUT2D eigenvalue weighted by molar-refractivity contribution is 8.25. The second-order valence-electron chi connectivity index (χ2n) is 9.30. The van der Waals surface area contributed by atoms with E-state index >= 15 is 0 Å². The Kier molecular flexibility index (Phi) is 15.1. The molecule has 43 heavy (non-hydrogen) atoms. The lowest BCUT2D eigenvalue weighted by atomic mass is 10.2. The predicted octanol–water partition coefficient (Wildman–Crippen LogP) is 2.00. The molecule has 0 fully saturated rings. The van der Waals surface area contributed by atoms with Gasteiger partial charge in [0.2, 0.25) is 19.0 Å². The van der Waals surface area contributed by atoms with Gasteiger partial charge in [-0.2, -0.15) is 0 Å². The van der Waals surface area contributed by atoms with Gasteiger partial charge in [-0.25, -0.2) is 37.5 Å². The minimum absolute atomic E-state index is 0.292. The first kappa shape index (κ1) is 35.1. The van der Waals surface area contributed by atoms with E-state index < -0.39 is 16.8 Å². The fourth-order valence-corrected chi connectivity index (χ4v) is 6.89. The fourth-order valence-electron chi connectivity index (χ4n) is 3.47. The van der Waals surface area contributed by atoms with E-state index in [4.69, 9.17) is 0 Å². The molecule has 9 nitrogen and oxygen atoms in total. The third-order valence-electron chi connectivity index (χ3n) is 5.67. The maximum absolute atomic E-state index is 11.4. The zero-order valence-electron chi connectivity index (χ0n) is 25.0. The van der Waals surface area contributed by atoms with Crippen LogP contribution in [0.25, 0.3) is 18.6 Å². The minimum Gasteiger partial charge on any atom is -0.848 e. The van der Waals surface area contributed by atoms with Crippen LogP contribution in [0.3, 0.4) is 0 Å². The summed E-state index contributed by atoms with van der Waals surface area (Å²) in [7, 11) is 4.72. The summed E-state index contributed by atoms with van der Waals surface area (Å²) in [5.41, 5.74) is 1.77. The molecule has 0 spiro atoms. The van der Waals surface area contributed by atoms with E-state index in [1.807, 2.05) is 165 Å². The van der Waals surface area contributed by atoms with E-state index in [2.05, 4.69) is 19.7 Å². The molecule has 3 aromatic heterocycles. The Morgan fingerprint density at radius 3 is 1.09 bits per heavy atom. The largest absolute Gasteiger partial charge is 0.848 e. The molecule has 5 rings (SSSR count). The topological polar surface area (TPSA) is 95.6 Å². The van der Waals surface area contributed by atoms with Crippen molar-refractivity contribution in [1.29, 1.82) is 0 Å². The van der Waals surface area contributed by atoms with E-state index in [1.54, 1.807) is 18.6 Å². The van der Waals surface area contributed by atoms with E-state index in [0.717, 1.165) is 11.1 Å². The second kappa shape index (κ2) is 18.5. The molecular weight excluding hydrogens is 579 g/mol. The van der Waals surface area contributed by atoms with Crippen LogP contribution in [0.4, 0.5) is 0 Å². The minimum atomic E-state index is -4.58. The average molecular weight is 621 g/mol. The number of hydrogen-bond donors (Lipinski definition) is 0. The number of rotatable bonds is 7. The molecule has 3 heterocycles. The molecule has 0 saturated carbocycles. The Balaban J connectivity index is 0.000000223. The van der Waals surface area contributed by atoms with Crippen LogP contribution in [-0.4, -0.2) is 13.7 Å². The van der Waals surface area contributed by atoms with Gasteiger partial charge in [-0.15, -0.1) is 0 Å². The first-order chi connectivity index (χ1) is 20.5. The number of aromatic nitrogens is 6. The molecular formula is C32H41N6O3PS. The summed E-state index contributed by atoms with van der Waals surface area (Å²) in [5, 5.41) is 0. The molecule has 0 aliphatic carbocycles. The molecule has 0 saturated heterocycles. The van der Waals surface area contributed by atoms with Gasteiger partial charge >= 0.3 is 0 Å². The van der Waals surface area contributed by atoms with Gasteiger partial charge in [0.15, 0.2) is 0 Å². The van der Waals surface area contributed by atoms with Crippen molar-refractivity contribution in [2.45, 2.75) is 11.5 Å². The third-order valence-corrected chi connectivity index (χ3v) is 10.3. The summed E-state index contributed by atoms with van der Waals surface area (Å²) < 4.78 is 11.5. The van der Waals surface area contributed by atoms with Gasteiger partial charge < -0.3 is 21.4 Å². The van der Waals surface area contributed by atoms with Crippen molar-refractivity contribution in [1.82, 2.24) is 13.7 Å². The average Bonchev–Trinajstić information content (AvgIpc) is 3.75. The van der Waals surface area contributed by atoms with Gasteiger partial charge in [0, 0.05) is 11.5 Å². The molecule has 11 heteroatoms. The van der Waals surface area contributed by atoms with Crippen LogP contribution in [0.5, 0.6) is 0 Å². The van der Waals surface area contributed by atoms with Crippen LogP contribution in [0.2, 0.25) is 0 Å². The van der Waals surface area contributed by atoms with Crippen molar-refractivity contribution in [3.63, 3.8) is 0 Å². The molecule has 0 unspecified atom stereocenters. The highest BCUT2D eigenvalue weighted by Gasteiger charge is 1.99. The van der Waals surface area contributed by atoms with Gasteiger partial charge in [-0.1, -0.05) is 80.4 Å². The maximum Gasteiger partial charge on any atom is 0.248 e. The molecule has 0 bridgehead atoms. The summed E-state index contributed by atoms with van der Waals surface area (Å²) in [6.45, 7) is 6.20. The standard InChI is InChI=1S/C14H14O3PS.3C6H9N2/c15-18(16,17)19(11-13-7-3-1-4-8-13)12-14-9-5-2-6-10-14;3*1-3-8-5-4-7(2)6-8/h1-10H,11-12H2;3*3-6H,1H2,2H3/q-3;3*+1. The Bertz CT molecular complexity index is 1450. The second-order valence-corrected chi connectivity index (χ2v) is 14.6. The van der Waals surface area contributed by atoms with Gasteiger partial charge in [0.05, 0.1) is 39.7 Å². The molecule has 0 N–H and O–H groups in total. The van der Waals surface area contributed by atoms with Crippen molar-refractivity contribution in [2.75, 3.05) is 0 Å². The quantitative estimate of drug-likeness (QED) is 0.206. The van der Waals surface area contributed by atoms with Gasteiger partial charge in [-0.05, 0) is 11.1 Å². The van der Waals surface area contributed by atoms with Crippen molar-refractivity contribution in [2.24, 2.45) is 21.1 Å². The van der Waals surface area contributed by atoms with Crippen LogP contribution in [0, 0.1) is 0 Å². The van der Waals surface area contributed by atoms with Crippen LogP contribution in [0.1, 0.15) is 11.1 Å². The first-order valence-electron chi connectivity index (χ1n) is 13.3. The maximum atomic E-state index is 11.4. The molecule has 5 aromatic rings. The van der Waals surface area contributed by atoms with Crippen molar-refractivity contribution >= 4 is 35.4 Å². The highest BCUT2D eigenvalue weighted by atomic mass is 32.5. The van der Waals surface area contributed by atoms with Gasteiger partial charge in [0.1, 0.15) is 37.2 Å². The summed E-state index contributed by atoms with van der Waals surface area (Å²) in [6, 6.07) is 18.5. The SMILES string of the molecule is C=C[n+]1ccn(C)c1.C=C[n+]1ccn(C)c1.C=C[n+]1ccn(C)c1.[O-]P([O-])([O-])=S(Cc1ccccc1)Cc1ccccc1. The molecule has 0 aliphatic rings. The van der Waals surface area contributed by atoms with Crippen molar-refractivity contribution < 1.29 is 28.4 Å². The molecule has 0 radical (unpaired) electrons. The Labute approximate surface area is 257 Å². The van der Waals surface area contributed by atoms with E-state index in [1.165, 1.54) is 0 Å². The highest BCUT2D eigenvalue weighted by Crippen LogP contribution is 2.26. The predicted molar refractivity (Wildman–Crippen MR) is 171 cm³/mol. The van der Waals surface area contributed by atoms with Crippen LogP contribution in [-0.2, 0) is 42.7 Å². The Morgan fingerprint density at radius 2 is 0.907 bits per heavy atom. The number of aryl methyl sites for hydroxylation is 3. The van der Waals surface area contributed by atoms with E-state index in [9.17, 15) is 14.7 Å². The van der Waals surface area contributed by atoms with Crippen molar-refractivity contribution in [3.8, 4) is 0 Å². The Morgan fingerprint density at radius 1 is 0.605 bits per heavy atom. The van der Waals surface area contributed by atoms with E-state index in [-0.39, 0.29) is 0 Å². The number of benzene rings is 2. The van der Waals surface area contributed by atoms with Crippen molar-refractivity contribution in [3.05, 3.63) is 148 Å². The molecule has 0 atom stereocenters. The summed E-state index contributed by atoms with van der Waals surface area (Å²) in [5.74, 6) is 0.583. The molecule has 228 valence electrons. The summed E-state index contributed by atoms with van der Waals surface area (Å²) in [4.78, 5) is 34.3. The van der Waals surface area contributed by atoms with Crippen LogP contribution in [0.15, 0.2) is 137 Å². The normalized spacial score (nSPS) is 10.3. The van der Waals surface area contributed by atoms with Crippen LogP contribution >= 0.6 is 6.72 Å². The lowest BCUT2D eigenvalue weighted by Crippen LogP contribution is -2.30. The smallest absolute Gasteiger partial charge is 0.248 e. The van der Waals surface area contributed by atoms with Gasteiger partial charge in [0.25, 0.3) is 0 Å². The molecule has 0 amide bonds. The van der Waals surface area contributed by atoms with E-state index in [0.29, 0.717) is 11.5 Å². The third kappa shape index (κ3) is 14.1. The zero-order chi connectivity index (χ0) is 31.7. The molecule has 0 aliphatic heterocycles. The van der Waals surface area contributed by atoms with Crippen LogP contribution < -0.4 is 28.4 Å². The summed E-state index contributed by atoms with van der Waals surface area (Å²) >= 11 is 0.